The summed E-state index contributed by atoms with van der Waals surface area (Å²) in [6, 6.07) is 0. The van der Waals surface area contributed by atoms with E-state index in [1.165, 1.54) is 9.58 Å². The fraction of sp³-hybridized carbons (Fsp3) is 0.700. The minimum absolute atomic E-state index is 0.0738. The van der Waals surface area contributed by atoms with Crippen LogP contribution in [0.4, 0.5) is 11.5 Å². The quantitative estimate of drug-likeness (QED) is 0.403. The van der Waals surface area contributed by atoms with Gasteiger partial charge >= 0.3 is 5.69 Å². The molecule has 0 unspecified atom stereocenters. The van der Waals surface area contributed by atoms with Gasteiger partial charge in [-0.2, -0.15) is 5.10 Å². The highest BCUT2D eigenvalue weighted by Gasteiger charge is 2.23. The third-order valence-electron chi connectivity index (χ3n) is 2.52. The maximum absolute atomic E-state index is 10.9. The summed E-state index contributed by atoms with van der Waals surface area (Å²) in [6.45, 7) is 3.38. The van der Waals surface area contributed by atoms with Crippen molar-refractivity contribution in [2.75, 3.05) is 32.5 Å². The fourth-order valence-electron chi connectivity index (χ4n) is 1.71. The summed E-state index contributed by atoms with van der Waals surface area (Å²) >= 11 is 0. The standard InChI is InChI=1S/C10H19N5O2/c1-8-9(15(16)17)10(14(4)12-8)11-6-5-7-13(2)3/h11H,5-7H2,1-4H3/p+1. The lowest BCUT2D eigenvalue weighted by Gasteiger charge is -2.08. The first kappa shape index (κ1) is 13.4. The number of nitrogens with zero attached hydrogens (tertiary/aromatic N) is 3. The van der Waals surface area contributed by atoms with E-state index in [-0.39, 0.29) is 10.6 Å². The Bertz CT molecular complexity index is 400. The first-order valence-corrected chi connectivity index (χ1v) is 5.64. The van der Waals surface area contributed by atoms with Gasteiger partial charge in [-0.1, -0.05) is 0 Å². The van der Waals surface area contributed by atoms with Crippen molar-refractivity contribution >= 4 is 11.5 Å². The minimum Gasteiger partial charge on any atom is -0.364 e. The van der Waals surface area contributed by atoms with Gasteiger partial charge in [-0.15, -0.1) is 0 Å². The van der Waals surface area contributed by atoms with E-state index < -0.39 is 0 Å². The highest BCUT2D eigenvalue weighted by Crippen LogP contribution is 2.26. The van der Waals surface area contributed by atoms with Crippen molar-refractivity contribution in [1.82, 2.24) is 9.78 Å². The number of aromatic nitrogens is 2. The summed E-state index contributed by atoms with van der Waals surface area (Å²) in [5, 5.41) is 18.0. The smallest absolute Gasteiger partial charge is 0.333 e. The molecule has 0 atom stereocenters. The number of nitro groups is 1. The molecule has 0 saturated heterocycles. The molecule has 1 rings (SSSR count). The van der Waals surface area contributed by atoms with Crippen LogP contribution in [0.15, 0.2) is 0 Å². The lowest BCUT2D eigenvalue weighted by Crippen LogP contribution is -3.05. The average molecular weight is 242 g/mol. The van der Waals surface area contributed by atoms with E-state index in [9.17, 15) is 10.1 Å². The van der Waals surface area contributed by atoms with Crippen LogP contribution in [-0.2, 0) is 7.05 Å². The molecule has 96 valence electrons. The molecule has 1 heterocycles. The van der Waals surface area contributed by atoms with Gasteiger partial charge in [-0.05, 0) is 6.92 Å². The molecule has 0 spiro atoms. The molecule has 0 aromatic carbocycles. The van der Waals surface area contributed by atoms with Crippen LogP contribution in [0.2, 0.25) is 0 Å². The molecule has 0 aliphatic rings. The van der Waals surface area contributed by atoms with Crippen molar-refractivity contribution in [3.8, 4) is 0 Å². The van der Waals surface area contributed by atoms with E-state index >= 15 is 0 Å². The van der Waals surface area contributed by atoms with E-state index in [1.807, 2.05) is 0 Å². The fourth-order valence-corrected chi connectivity index (χ4v) is 1.71. The number of quaternary nitrogens is 1. The summed E-state index contributed by atoms with van der Waals surface area (Å²) in [7, 11) is 5.87. The lowest BCUT2D eigenvalue weighted by atomic mass is 10.3. The molecular weight excluding hydrogens is 222 g/mol. The van der Waals surface area contributed by atoms with Gasteiger partial charge in [0.25, 0.3) is 0 Å². The van der Waals surface area contributed by atoms with Crippen molar-refractivity contribution in [3.63, 3.8) is 0 Å². The Hall–Kier alpha value is -1.63. The van der Waals surface area contributed by atoms with Crippen LogP contribution in [0.25, 0.3) is 0 Å². The Morgan fingerprint density at radius 3 is 2.71 bits per heavy atom. The van der Waals surface area contributed by atoms with Gasteiger partial charge in [0.05, 0.1) is 25.6 Å². The molecule has 0 aliphatic heterocycles. The molecule has 7 nitrogen and oxygen atoms in total. The molecule has 0 radical (unpaired) electrons. The molecule has 17 heavy (non-hydrogen) atoms. The normalized spacial score (nSPS) is 10.9. The zero-order valence-corrected chi connectivity index (χ0v) is 10.8. The number of aryl methyl sites for hydroxylation is 2. The van der Waals surface area contributed by atoms with Crippen LogP contribution >= 0.6 is 0 Å². The monoisotopic (exact) mass is 242 g/mol. The van der Waals surface area contributed by atoms with Gasteiger partial charge in [-0.25, -0.2) is 4.68 Å². The van der Waals surface area contributed by atoms with Crippen LogP contribution in [-0.4, -0.2) is 41.9 Å². The Morgan fingerprint density at radius 1 is 1.53 bits per heavy atom. The molecule has 0 bridgehead atoms. The molecule has 1 aromatic heterocycles. The minimum atomic E-state index is -0.387. The van der Waals surface area contributed by atoms with Crippen LogP contribution in [0, 0.1) is 17.0 Å². The van der Waals surface area contributed by atoms with Gasteiger partial charge in [0.15, 0.2) is 0 Å². The maximum Gasteiger partial charge on any atom is 0.333 e. The topological polar surface area (TPSA) is 77.4 Å². The third-order valence-corrected chi connectivity index (χ3v) is 2.52. The zero-order valence-electron chi connectivity index (χ0n) is 10.8. The van der Waals surface area contributed by atoms with E-state index in [2.05, 4.69) is 24.5 Å². The van der Waals surface area contributed by atoms with Crippen LogP contribution in [0.1, 0.15) is 12.1 Å². The first-order valence-electron chi connectivity index (χ1n) is 5.64. The number of rotatable bonds is 6. The summed E-state index contributed by atoms with van der Waals surface area (Å²) in [5.41, 5.74) is 0.517. The average Bonchev–Trinajstić information content (AvgIpc) is 2.48. The predicted molar refractivity (Wildman–Crippen MR) is 65.4 cm³/mol. The number of anilines is 1. The highest BCUT2D eigenvalue weighted by molar-refractivity contribution is 5.59. The van der Waals surface area contributed by atoms with Gasteiger partial charge in [0.2, 0.25) is 5.82 Å². The van der Waals surface area contributed by atoms with Crippen LogP contribution in [0.5, 0.6) is 0 Å². The molecule has 2 N–H and O–H groups in total. The Morgan fingerprint density at radius 2 is 2.18 bits per heavy atom. The lowest BCUT2D eigenvalue weighted by molar-refractivity contribution is -0.858. The number of nitrogens with one attached hydrogen (secondary N) is 2. The van der Waals surface area contributed by atoms with Crippen molar-refractivity contribution in [3.05, 3.63) is 15.8 Å². The van der Waals surface area contributed by atoms with Crippen molar-refractivity contribution in [2.45, 2.75) is 13.3 Å². The Labute approximate surface area is 101 Å². The predicted octanol–water partition coefficient (Wildman–Crippen LogP) is -0.417. The largest absolute Gasteiger partial charge is 0.364 e. The second kappa shape index (κ2) is 5.62. The van der Waals surface area contributed by atoms with Gasteiger partial charge < -0.3 is 10.2 Å². The molecular formula is C10H20N5O2+. The second-order valence-electron chi connectivity index (χ2n) is 4.40. The van der Waals surface area contributed by atoms with Crippen LogP contribution < -0.4 is 10.2 Å². The summed E-state index contributed by atoms with van der Waals surface area (Å²) in [4.78, 5) is 11.9. The highest BCUT2D eigenvalue weighted by atomic mass is 16.6. The maximum atomic E-state index is 10.9. The van der Waals surface area contributed by atoms with Crippen molar-refractivity contribution in [2.24, 2.45) is 7.05 Å². The van der Waals surface area contributed by atoms with Crippen molar-refractivity contribution < 1.29 is 9.82 Å². The summed E-state index contributed by atoms with van der Waals surface area (Å²) in [5.74, 6) is 0.487. The number of hydrogen-bond acceptors (Lipinski definition) is 4. The molecule has 0 amide bonds. The third kappa shape index (κ3) is 3.42. The van der Waals surface area contributed by atoms with Gasteiger partial charge in [0.1, 0.15) is 5.69 Å². The van der Waals surface area contributed by atoms with E-state index in [4.69, 9.17) is 0 Å². The second-order valence-corrected chi connectivity index (χ2v) is 4.40. The molecule has 7 heteroatoms. The van der Waals surface area contributed by atoms with E-state index in [0.29, 0.717) is 18.1 Å². The van der Waals surface area contributed by atoms with E-state index in [0.717, 1.165) is 13.0 Å². The molecule has 1 aromatic rings. The molecule has 0 fully saturated rings. The molecule has 0 aliphatic carbocycles. The Kier molecular flexibility index (Phi) is 4.45. The van der Waals surface area contributed by atoms with Crippen LogP contribution in [0.3, 0.4) is 0 Å². The van der Waals surface area contributed by atoms with Gasteiger partial charge in [-0.3, -0.25) is 10.1 Å². The zero-order chi connectivity index (χ0) is 13.0. The SMILES string of the molecule is Cc1nn(C)c(NCCC[NH+](C)C)c1[N+](=O)[O-]. The van der Waals surface area contributed by atoms with Crippen molar-refractivity contribution in [1.29, 1.82) is 0 Å². The number of hydrogen-bond donors (Lipinski definition) is 2. The summed E-state index contributed by atoms with van der Waals surface area (Å²) in [6.07, 6.45) is 0.962. The summed E-state index contributed by atoms with van der Waals surface area (Å²) < 4.78 is 1.52. The van der Waals surface area contributed by atoms with E-state index in [1.54, 1.807) is 14.0 Å². The first-order chi connectivity index (χ1) is 7.93. The Balaban J connectivity index is 2.67. The van der Waals surface area contributed by atoms with Gasteiger partial charge in [0, 0.05) is 20.0 Å². The molecule has 0 saturated carbocycles.